The first-order chi connectivity index (χ1) is 15.6. The number of nitrogens with zero attached hydrogens (tertiary/aromatic N) is 3. The minimum absolute atomic E-state index is 0.126. The summed E-state index contributed by atoms with van der Waals surface area (Å²) in [6, 6.07) is 25.1. The smallest absolute Gasteiger partial charge is 0.234 e. The molecule has 7 nitrogen and oxygen atoms in total. The number of thioether (sulfide) groups is 1. The molecule has 0 aliphatic carbocycles. The molecular formula is C24H23N5O2S. The third-order valence-electron chi connectivity index (χ3n) is 4.71. The molecule has 0 saturated heterocycles. The highest BCUT2D eigenvalue weighted by molar-refractivity contribution is 7.99. The van der Waals surface area contributed by atoms with E-state index in [2.05, 4.69) is 20.8 Å². The lowest BCUT2D eigenvalue weighted by Crippen LogP contribution is -2.15. The Hall–Kier alpha value is -3.78. The number of amides is 1. The van der Waals surface area contributed by atoms with Crippen molar-refractivity contribution in [1.29, 1.82) is 0 Å². The first-order valence-corrected chi connectivity index (χ1v) is 11.0. The Bertz CT molecular complexity index is 1190. The molecule has 32 heavy (non-hydrogen) atoms. The number of hydrogen-bond acceptors (Lipinski definition) is 6. The number of ether oxygens (including phenoxy) is 1. The molecule has 0 aliphatic heterocycles. The number of hydrogen-bond donors (Lipinski definition) is 2. The van der Waals surface area contributed by atoms with Gasteiger partial charge in [0, 0.05) is 11.4 Å². The number of rotatable bonds is 8. The fraction of sp³-hybridized carbons (Fsp3) is 0.125. The van der Waals surface area contributed by atoms with Crippen molar-refractivity contribution in [3.63, 3.8) is 0 Å². The van der Waals surface area contributed by atoms with Crippen molar-refractivity contribution in [2.75, 3.05) is 23.5 Å². The number of carbonyl (C=O) groups is 1. The molecule has 0 atom stereocenters. The van der Waals surface area contributed by atoms with E-state index in [0.29, 0.717) is 5.16 Å². The topological polar surface area (TPSA) is 81.1 Å². The van der Waals surface area contributed by atoms with E-state index in [4.69, 9.17) is 4.74 Å². The van der Waals surface area contributed by atoms with E-state index in [1.165, 1.54) is 11.8 Å². The molecule has 3 aromatic carbocycles. The summed E-state index contributed by atoms with van der Waals surface area (Å²) in [7, 11) is 1.63. The molecule has 0 bridgehead atoms. The van der Waals surface area contributed by atoms with Crippen LogP contribution < -0.4 is 15.4 Å². The lowest BCUT2D eigenvalue weighted by molar-refractivity contribution is -0.113. The summed E-state index contributed by atoms with van der Waals surface area (Å²) in [6.45, 7) is 1.88. The van der Waals surface area contributed by atoms with Crippen molar-refractivity contribution in [3.8, 4) is 11.4 Å². The van der Waals surface area contributed by atoms with Crippen LogP contribution in [0, 0.1) is 6.92 Å². The minimum Gasteiger partial charge on any atom is -0.497 e. The highest BCUT2D eigenvalue weighted by Crippen LogP contribution is 2.27. The molecule has 162 valence electrons. The highest BCUT2D eigenvalue weighted by atomic mass is 32.2. The molecule has 1 aromatic heterocycles. The van der Waals surface area contributed by atoms with E-state index in [9.17, 15) is 4.79 Å². The minimum atomic E-state index is -0.126. The SMILES string of the molecule is COc1ccc(-n2c(C)nnc2SCC(=O)Nc2ccccc2Nc2ccccc2)cc1. The van der Waals surface area contributed by atoms with Crippen LogP contribution in [0.25, 0.3) is 5.69 Å². The predicted octanol–water partition coefficient (Wildman–Crippen LogP) is 5.06. The maximum Gasteiger partial charge on any atom is 0.234 e. The van der Waals surface area contributed by atoms with E-state index >= 15 is 0 Å². The van der Waals surface area contributed by atoms with Crippen LogP contribution in [0.2, 0.25) is 0 Å². The summed E-state index contributed by atoms with van der Waals surface area (Å²) in [4.78, 5) is 12.7. The molecule has 0 unspecified atom stereocenters. The largest absolute Gasteiger partial charge is 0.497 e. The number of anilines is 3. The predicted molar refractivity (Wildman–Crippen MR) is 128 cm³/mol. The van der Waals surface area contributed by atoms with Crippen LogP contribution in [0.5, 0.6) is 5.75 Å². The first kappa shape index (κ1) is 21.5. The van der Waals surface area contributed by atoms with Crippen LogP contribution in [0.3, 0.4) is 0 Å². The molecule has 4 aromatic rings. The van der Waals surface area contributed by atoms with Crippen molar-refractivity contribution in [2.45, 2.75) is 12.1 Å². The van der Waals surface area contributed by atoms with Crippen molar-refractivity contribution in [1.82, 2.24) is 14.8 Å². The Labute approximate surface area is 190 Å². The van der Waals surface area contributed by atoms with Crippen LogP contribution >= 0.6 is 11.8 Å². The molecule has 0 radical (unpaired) electrons. The average molecular weight is 446 g/mol. The van der Waals surface area contributed by atoms with Gasteiger partial charge in [-0.05, 0) is 55.5 Å². The van der Waals surface area contributed by atoms with Gasteiger partial charge in [0.2, 0.25) is 5.91 Å². The second-order valence-electron chi connectivity index (χ2n) is 6.94. The number of benzene rings is 3. The van der Waals surface area contributed by atoms with Crippen LogP contribution in [-0.2, 0) is 4.79 Å². The lowest BCUT2D eigenvalue weighted by atomic mass is 10.2. The normalized spacial score (nSPS) is 10.6. The van der Waals surface area contributed by atoms with Gasteiger partial charge in [-0.15, -0.1) is 10.2 Å². The summed E-state index contributed by atoms with van der Waals surface area (Å²) in [5, 5.41) is 15.4. The average Bonchev–Trinajstić information content (AvgIpc) is 3.20. The maximum absolute atomic E-state index is 12.7. The third-order valence-corrected chi connectivity index (χ3v) is 5.64. The summed E-state index contributed by atoms with van der Waals surface area (Å²) < 4.78 is 7.14. The second kappa shape index (κ2) is 10.0. The zero-order valence-electron chi connectivity index (χ0n) is 17.8. The zero-order valence-corrected chi connectivity index (χ0v) is 18.6. The molecular weight excluding hydrogens is 422 g/mol. The van der Waals surface area contributed by atoms with E-state index in [1.807, 2.05) is 90.4 Å². The lowest BCUT2D eigenvalue weighted by Gasteiger charge is -2.13. The van der Waals surface area contributed by atoms with Gasteiger partial charge in [0.1, 0.15) is 11.6 Å². The molecule has 1 heterocycles. The van der Waals surface area contributed by atoms with Gasteiger partial charge in [0.25, 0.3) is 0 Å². The number of nitrogens with one attached hydrogen (secondary N) is 2. The summed E-state index contributed by atoms with van der Waals surface area (Å²) in [5.74, 6) is 1.60. The molecule has 2 N–H and O–H groups in total. The Balaban J connectivity index is 1.43. The molecule has 1 amide bonds. The third kappa shape index (κ3) is 5.09. The van der Waals surface area contributed by atoms with Gasteiger partial charge in [0.15, 0.2) is 5.16 Å². The Kier molecular flexibility index (Phi) is 6.72. The Morgan fingerprint density at radius 1 is 0.938 bits per heavy atom. The van der Waals surface area contributed by atoms with Crippen molar-refractivity contribution < 1.29 is 9.53 Å². The fourth-order valence-electron chi connectivity index (χ4n) is 3.16. The van der Waals surface area contributed by atoms with Crippen LogP contribution in [-0.4, -0.2) is 33.5 Å². The molecule has 4 rings (SSSR count). The highest BCUT2D eigenvalue weighted by Gasteiger charge is 2.14. The molecule has 0 spiro atoms. The van der Waals surface area contributed by atoms with Gasteiger partial charge >= 0.3 is 0 Å². The molecule has 8 heteroatoms. The summed E-state index contributed by atoms with van der Waals surface area (Å²) in [5.41, 5.74) is 3.41. The maximum atomic E-state index is 12.7. The van der Waals surface area contributed by atoms with E-state index in [-0.39, 0.29) is 11.7 Å². The van der Waals surface area contributed by atoms with Gasteiger partial charge < -0.3 is 15.4 Å². The number of methoxy groups -OCH3 is 1. The Morgan fingerprint density at radius 3 is 2.34 bits per heavy atom. The summed E-state index contributed by atoms with van der Waals surface area (Å²) >= 11 is 1.34. The molecule has 0 fully saturated rings. The van der Waals surface area contributed by atoms with Crippen molar-refractivity contribution in [3.05, 3.63) is 84.7 Å². The van der Waals surface area contributed by atoms with Gasteiger partial charge in [-0.25, -0.2) is 0 Å². The fourth-order valence-corrected chi connectivity index (χ4v) is 3.96. The first-order valence-electron chi connectivity index (χ1n) is 10.0. The summed E-state index contributed by atoms with van der Waals surface area (Å²) in [6.07, 6.45) is 0. The van der Waals surface area contributed by atoms with Crippen LogP contribution in [0.4, 0.5) is 17.1 Å². The van der Waals surface area contributed by atoms with E-state index < -0.39 is 0 Å². The van der Waals surface area contributed by atoms with Gasteiger partial charge in [-0.3, -0.25) is 9.36 Å². The van der Waals surface area contributed by atoms with E-state index in [0.717, 1.165) is 34.3 Å². The molecule has 0 aliphatic rings. The quantitative estimate of drug-likeness (QED) is 0.369. The van der Waals surface area contributed by atoms with Gasteiger partial charge in [-0.2, -0.15) is 0 Å². The number of aromatic nitrogens is 3. The van der Waals surface area contributed by atoms with Crippen LogP contribution in [0.15, 0.2) is 84.0 Å². The molecule has 0 saturated carbocycles. The van der Waals surface area contributed by atoms with Gasteiger partial charge in [0.05, 0.1) is 24.2 Å². The monoisotopic (exact) mass is 445 g/mol. The van der Waals surface area contributed by atoms with Gasteiger partial charge in [-0.1, -0.05) is 42.1 Å². The zero-order chi connectivity index (χ0) is 22.3. The number of aryl methyl sites for hydroxylation is 1. The number of para-hydroxylation sites is 3. The Morgan fingerprint density at radius 2 is 1.62 bits per heavy atom. The standard InChI is InChI=1S/C24H23N5O2S/c1-17-27-28-24(29(17)19-12-14-20(31-2)15-13-19)32-16-23(30)26-22-11-7-6-10-21(22)25-18-8-4-3-5-9-18/h3-15,25H,16H2,1-2H3,(H,26,30). The second-order valence-corrected chi connectivity index (χ2v) is 7.88. The van der Waals surface area contributed by atoms with Crippen molar-refractivity contribution >= 4 is 34.7 Å². The van der Waals surface area contributed by atoms with E-state index in [1.54, 1.807) is 7.11 Å². The van der Waals surface area contributed by atoms with Crippen LogP contribution in [0.1, 0.15) is 5.82 Å². The number of carbonyl (C=O) groups excluding carboxylic acids is 1. The van der Waals surface area contributed by atoms with Crippen molar-refractivity contribution in [2.24, 2.45) is 0 Å².